The summed E-state index contributed by atoms with van der Waals surface area (Å²) < 4.78 is 10.5. The van der Waals surface area contributed by atoms with Crippen LogP contribution in [0.5, 0.6) is 0 Å². The Hall–Kier alpha value is -0.650. The van der Waals surface area contributed by atoms with E-state index in [0.717, 1.165) is 26.1 Å². The molecule has 16 heavy (non-hydrogen) atoms. The second kappa shape index (κ2) is 5.61. The molecule has 2 aliphatic heterocycles. The Morgan fingerprint density at radius 3 is 2.81 bits per heavy atom. The largest absolute Gasteiger partial charge is 0.381 e. The van der Waals surface area contributed by atoms with E-state index in [0.29, 0.717) is 25.7 Å². The van der Waals surface area contributed by atoms with Crippen molar-refractivity contribution in [1.82, 2.24) is 5.32 Å². The lowest BCUT2D eigenvalue weighted by Crippen LogP contribution is -2.43. The molecule has 2 fully saturated rings. The standard InChI is InChI=1S/C11H20N2O3/c12-10-7-16-6-9(10)11(14)13-4-8-2-1-3-15-5-8/h8-10H,1-7,12H2,(H,13,14). The Balaban J connectivity index is 1.70. The van der Waals surface area contributed by atoms with Crippen LogP contribution in [0.4, 0.5) is 0 Å². The van der Waals surface area contributed by atoms with E-state index in [2.05, 4.69) is 5.32 Å². The zero-order chi connectivity index (χ0) is 11.4. The van der Waals surface area contributed by atoms with Crippen molar-refractivity contribution in [2.45, 2.75) is 18.9 Å². The molecular weight excluding hydrogens is 208 g/mol. The first kappa shape index (κ1) is 11.8. The molecule has 0 aromatic carbocycles. The van der Waals surface area contributed by atoms with E-state index in [4.69, 9.17) is 15.2 Å². The van der Waals surface area contributed by atoms with Gasteiger partial charge in [0, 0.05) is 19.2 Å². The highest BCUT2D eigenvalue weighted by Gasteiger charge is 2.31. The maximum atomic E-state index is 11.8. The lowest BCUT2D eigenvalue weighted by molar-refractivity contribution is -0.125. The van der Waals surface area contributed by atoms with Crippen LogP contribution >= 0.6 is 0 Å². The number of nitrogens with one attached hydrogen (secondary N) is 1. The molecule has 0 aromatic heterocycles. The van der Waals surface area contributed by atoms with Crippen molar-refractivity contribution in [3.63, 3.8) is 0 Å². The molecule has 0 radical (unpaired) electrons. The molecule has 0 aliphatic carbocycles. The number of amides is 1. The van der Waals surface area contributed by atoms with Crippen LogP contribution < -0.4 is 11.1 Å². The molecule has 0 bridgehead atoms. The summed E-state index contributed by atoms with van der Waals surface area (Å²) in [4.78, 5) is 11.8. The van der Waals surface area contributed by atoms with Gasteiger partial charge >= 0.3 is 0 Å². The van der Waals surface area contributed by atoms with Crippen molar-refractivity contribution in [1.29, 1.82) is 0 Å². The molecule has 1 amide bonds. The second-order valence-corrected chi connectivity index (χ2v) is 4.64. The molecule has 5 heteroatoms. The van der Waals surface area contributed by atoms with E-state index in [1.807, 2.05) is 0 Å². The summed E-state index contributed by atoms with van der Waals surface area (Å²) in [5.74, 6) is 0.302. The van der Waals surface area contributed by atoms with E-state index >= 15 is 0 Å². The third-order valence-corrected chi connectivity index (χ3v) is 3.28. The van der Waals surface area contributed by atoms with Gasteiger partial charge in [0.15, 0.2) is 0 Å². The van der Waals surface area contributed by atoms with Crippen LogP contribution in [0.3, 0.4) is 0 Å². The van der Waals surface area contributed by atoms with Crippen molar-refractivity contribution in [3.8, 4) is 0 Å². The third kappa shape index (κ3) is 2.93. The zero-order valence-corrected chi connectivity index (χ0v) is 9.48. The van der Waals surface area contributed by atoms with Crippen LogP contribution in [0.2, 0.25) is 0 Å². The predicted octanol–water partition coefficient (Wildman–Crippen LogP) is -0.497. The van der Waals surface area contributed by atoms with E-state index in [9.17, 15) is 4.79 Å². The molecule has 0 spiro atoms. The van der Waals surface area contributed by atoms with Crippen LogP contribution in [-0.2, 0) is 14.3 Å². The minimum atomic E-state index is -0.176. The third-order valence-electron chi connectivity index (χ3n) is 3.28. The van der Waals surface area contributed by atoms with Gasteiger partial charge < -0.3 is 20.5 Å². The molecule has 3 N–H and O–H groups in total. The smallest absolute Gasteiger partial charge is 0.227 e. The molecule has 3 atom stereocenters. The highest BCUT2D eigenvalue weighted by molar-refractivity contribution is 5.79. The summed E-state index contributed by atoms with van der Waals surface area (Å²) in [5, 5.41) is 2.95. The first-order valence-electron chi connectivity index (χ1n) is 5.96. The Morgan fingerprint density at radius 1 is 1.31 bits per heavy atom. The Morgan fingerprint density at radius 2 is 2.19 bits per heavy atom. The molecule has 5 nitrogen and oxygen atoms in total. The summed E-state index contributed by atoms with van der Waals surface area (Å²) in [6.07, 6.45) is 2.22. The van der Waals surface area contributed by atoms with Crippen molar-refractivity contribution >= 4 is 5.91 Å². The number of nitrogens with two attached hydrogens (primary N) is 1. The minimum absolute atomic E-state index is 0.0237. The summed E-state index contributed by atoms with van der Waals surface area (Å²) in [6.45, 7) is 3.25. The Labute approximate surface area is 95.7 Å². The quantitative estimate of drug-likeness (QED) is 0.683. The second-order valence-electron chi connectivity index (χ2n) is 4.64. The molecule has 3 unspecified atom stereocenters. The molecule has 92 valence electrons. The van der Waals surface area contributed by atoms with E-state index in [-0.39, 0.29) is 17.9 Å². The number of carbonyl (C=O) groups excluding carboxylic acids is 1. The average Bonchev–Trinajstić information content (AvgIpc) is 2.74. The van der Waals surface area contributed by atoms with Gasteiger partial charge in [-0.15, -0.1) is 0 Å². The number of hydrogen-bond acceptors (Lipinski definition) is 4. The van der Waals surface area contributed by atoms with Crippen LogP contribution in [-0.4, -0.2) is 44.9 Å². The first-order valence-corrected chi connectivity index (χ1v) is 5.96. The summed E-state index contributed by atoms with van der Waals surface area (Å²) in [7, 11) is 0. The van der Waals surface area contributed by atoms with Gasteiger partial charge in [-0.05, 0) is 18.8 Å². The number of ether oxygens (including phenoxy) is 2. The van der Waals surface area contributed by atoms with Gasteiger partial charge in [0.1, 0.15) is 0 Å². The monoisotopic (exact) mass is 228 g/mol. The van der Waals surface area contributed by atoms with Gasteiger partial charge in [0.25, 0.3) is 0 Å². The molecule has 2 aliphatic rings. The van der Waals surface area contributed by atoms with Crippen LogP contribution in [0, 0.1) is 11.8 Å². The van der Waals surface area contributed by atoms with Crippen molar-refractivity contribution in [2.24, 2.45) is 17.6 Å². The van der Waals surface area contributed by atoms with Crippen molar-refractivity contribution < 1.29 is 14.3 Å². The number of hydrogen-bond donors (Lipinski definition) is 2. The Bertz CT molecular complexity index is 241. The van der Waals surface area contributed by atoms with Gasteiger partial charge in [-0.2, -0.15) is 0 Å². The van der Waals surface area contributed by atoms with Crippen molar-refractivity contribution in [2.75, 3.05) is 33.0 Å². The zero-order valence-electron chi connectivity index (χ0n) is 9.48. The fourth-order valence-electron chi connectivity index (χ4n) is 2.19. The SMILES string of the molecule is NC1COCC1C(=O)NCC1CCCOC1. The van der Waals surface area contributed by atoms with Gasteiger partial charge in [0.2, 0.25) is 5.91 Å². The number of carbonyl (C=O) groups is 1. The van der Waals surface area contributed by atoms with E-state index in [1.165, 1.54) is 0 Å². The first-order chi connectivity index (χ1) is 7.77. The molecule has 0 saturated carbocycles. The summed E-state index contributed by atoms with van der Waals surface area (Å²) in [5.41, 5.74) is 5.78. The molecule has 2 heterocycles. The topological polar surface area (TPSA) is 73.6 Å². The number of rotatable bonds is 3. The van der Waals surface area contributed by atoms with Crippen molar-refractivity contribution in [3.05, 3.63) is 0 Å². The normalized spacial score (nSPS) is 34.9. The molecule has 2 saturated heterocycles. The Kier molecular flexibility index (Phi) is 4.15. The van der Waals surface area contributed by atoms with Gasteiger partial charge in [-0.25, -0.2) is 0 Å². The van der Waals surface area contributed by atoms with Crippen LogP contribution in [0.15, 0.2) is 0 Å². The molecule has 0 aromatic rings. The fourth-order valence-corrected chi connectivity index (χ4v) is 2.19. The maximum Gasteiger partial charge on any atom is 0.227 e. The fraction of sp³-hybridized carbons (Fsp3) is 0.909. The summed E-state index contributed by atoms with van der Waals surface area (Å²) in [6, 6.07) is -0.150. The lowest BCUT2D eigenvalue weighted by Gasteiger charge is -2.23. The predicted molar refractivity (Wildman–Crippen MR) is 58.8 cm³/mol. The molecule has 2 rings (SSSR count). The van der Waals surface area contributed by atoms with Gasteiger partial charge in [-0.3, -0.25) is 4.79 Å². The van der Waals surface area contributed by atoms with E-state index in [1.54, 1.807) is 0 Å². The highest BCUT2D eigenvalue weighted by Crippen LogP contribution is 2.14. The summed E-state index contributed by atoms with van der Waals surface area (Å²) >= 11 is 0. The van der Waals surface area contributed by atoms with Gasteiger partial charge in [-0.1, -0.05) is 0 Å². The highest BCUT2D eigenvalue weighted by atomic mass is 16.5. The maximum absolute atomic E-state index is 11.8. The van der Waals surface area contributed by atoms with Gasteiger partial charge in [0.05, 0.1) is 25.7 Å². The minimum Gasteiger partial charge on any atom is -0.381 e. The van der Waals surface area contributed by atoms with Crippen LogP contribution in [0.25, 0.3) is 0 Å². The molecular formula is C11H20N2O3. The lowest BCUT2D eigenvalue weighted by atomic mass is 10.0. The van der Waals surface area contributed by atoms with Crippen LogP contribution in [0.1, 0.15) is 12.8 Å². The van der Waals surface area contributed by atoms with E-state index < -0.39 is 0 Å². The average molecular weight is 228 g/mol.